The molecule has 1 aliphatic carbocycles. The number of rotatable bonds is 7. The monoisotopic (exact) mass is 366 g/mol. The van der Waals surface area contributed by atoms with Gasteiger partial charge < -0.3 is 4.57 Å². The molecular formula is C23H30N2S. The molecule has 2 heterocycles. The predicted molar refractivity (Wildman–Crippen MR) is 114 cm³/mol. The largest absolute Gasteiger partial charge is 0.339 e. The number of hydrogen-bond donors (Lipinski definition) is 0. The van der Waals surface area contributed by atoms with Crippen molar-refractivity contribution < 1.29 is 0 Å². The molecule has 1 aliphatic rings. The molecule has 0 bridgehead atoms. The van der Waals surface area contributed by atoms with Crippen LogP contribution in [0.4, 0.5) is 0 Å². The zero-order valence-electron chi connectivity index (χ0n) is 15.9. The van der Waals surface area contributed by atoms with Crippen molar-refractivity contribution in [3.05, 3.63) is 36.5 Å². The zero-order chi connectivity index (χ0) is 17.8. The maximum Gasteiger partial charge on any atom is 0.0960 e. The van der Waals surface area contributed by atoms with Crippen molar-refractivity contribution in [1.82, 2.24) is 9.55 Å². The maximum atomic E-state index is 4.68. The molecule has 0 aliphatic heterocycles. The maximum absolute atomic E-state index is 4.68. The van der Waals surface area contributed by atoms with Crippen LogP contribution in [0.1, 0.15) is 57.8 Å². The van der Waals surface area contributed by atoms with Gasteiger partial charge in [-0.15, -0.1) is 11.8 Å². The second-order valence-electron chi connectivity index (χ2n) is 7.76. The lowest BCUT2D eigenvalue weighted by atomic mass is 9.85. The second kappa shape index (κ2) is 8.47. The number of thioether (sulfide) groups is 1. The summed E-state index contributed by atoms with van der Waals surface area (Å²) in [5.74, 6) is 1.02. The highest BCUT2D eigenvalue weighted by Crippen LogP contribution is 2.31. The lowest BCUT2D eigenvalue weighted by Crippen LogP contribution is -2.06. The van der Waals surface area contributed by atoms with Crippen LogP contribution >= 0.6 is 11.8 Å². The molecular weight excluding hydrogens is 336 g/mol. The van der Waals surface area contributed by atoms with Crippen LogP contribution in [0.3, 0.4) is 0 Å². The second-order valence-corrected chi connectivity index (χ2v) is 8.64. The fourth-order valence-electron chi connectivity index (χ4n) is 4.62. The van der Waals surface area contributed by atoms with Crippen LogP contribution < -0.4 is 0 Å². The molecule has 2 nitrogen and oxygen atoms in total. The topological polar surface area (TPSA) is 17.8 Å². The van der Waals surface area contributed by atoms with Crippen LogP contribution in [0.15, 0.2) is 41.4 Å². The predicted octanol–water partition coefficient (Wildman–Crippen LogP) is 7.05. The summed E-state index contributed by atoms with van der Waals surface area (Å²) in [7, 11) is 0. The van der Waals surface area contributed by atoms with Crippen molar-refractivity contribution in [3.8, 4) is 0 Å². The van der Waals surface area contributed by atoms with Crippen molar-refractivity contribution in [2.75, 3.05) is 6.26 Å². The average molecular weight is 367 g/mol. The third-order valence-electron chi connectivity index (χ3n) is 6.05. The van der Waals surface area contributed by atoms with Gasteiger partial charge in [0.1, 0.15) is 0 Å². The zero-order valence-corrected chi connectivity index (χ0v) is 16.7. The Morgan fingerprint density at radius 3 is 2.77 bits per heavy atom. The standard InChI is InChI=1S/C23H30N2S/c1-26-19-13-14-21-20(17-19)23-22(12-8-15-24-23)25(21)16-7-3-6-11-18-9-4-2-5-10-18/h8,12-15,17-18H,2-7,9-11,16H2,1H3. The summed E-state index contributed by atoms with van der Waals surface area (Å²) in [6, 6.07) is 11.1. The van der Waals surface area contributed by atoms with Crippen LogP contribution in [0, 0.1) is 5.92 Å². The molecule has 1 fully saturated rings. The summed E-state index contributed by atoms with van der Waals surface area (Å²) >= 11 is 1.80. The lowest BCUT2D eigenvalue weighted by molar-refractivity contribution is 0.327. The van der Waals surface area contributed by atoms with E-state index >= 15 is 0 Å². The SMILES string of the molecule is CSc1ccc2c(c1)c1ncccc1n2CCCCCC1CCCCC1. The van der Waals surface area contributed by atoms with E-state index in [1.54, 1.807) is 11.8 Å². The molecule has 138 valence electrons. The van der Waals surface area contributed by atoms with Gasteiger partial charge in [-0.3, -0.25) is 4.98 Å². The summed E-state index contributed by atoms with van der Waals surface area (Å²) in [5, 5.41) is 1.30. The van der Waals surface area contributed by atoms with Crippen molar-refractivity contribution in [1.29, 1.82) is 0 Å². The third kappa shape index (κ3) is 3.78. The van der Waals surface area contributed by atoms with Crippen LogP contribution in [0.5, 0.6) is 0 Å². The van der Waals surface area contributed by atoms with E-state index in [1.165, 1.54) is 79.1 Å². The van der Waals surface area contributed by atoms with Gasteiger partial charge in [-0.2, -0.15) is 0 Å². The van der Waals surface area contributed by atoms with Crippen LogP contribution in [0.2, 0.25) is 0 Å². The first-order chi connectivity index (χ1) is 12.9. The van der Waals surface area contributed by atoms with Gasteiger partial charge in [0, 0.05) is 23.0 Å². The van der Waals surface area contributed by atoms with Gasteiger partial charge in [-0.25, -0.2) is 0 Å². The summed E-state index contributed by atoms with van der Waals surface area (Å²) in [5.41, 5.74) is 3.78. The highest BCUT2D eigenvalue weighted by atomic mass is 32.2. The van der Waals surface area contributed by atoms with Crippen molar-refractivity contribution >= 4 is 33.7 Å². The van der Waals surface area contributed by atoms with E-state index in [1.807, 2.05) is 6.20 Å². The molecule has 0 N–H and O–H groups in total. The molecule has 3 heteroatoms. The average Bonchev–Trinajstić information content (AvgIpc) is 3.02. The van der Waals surface area contributed by atoms with E-state index in [-0.39, 0.29) is 0 Å². The van der Waals surface area contributed by atoms with Gasteiger partial charge >= 0.3 is 0 Å². The minimum atomic E-state index is 1.02. The Kier molecular flexibility index (Phi) is 5.84. The number of aromatic nitrogens is 2. The summed E-state index contributed by atoms with van der Waals surface area (Å²) < 4.78 is 2.49. The Morgan fingerprint density at radius 2 is 1.92 bits per heavy atom. The van der Waals surface area contributed by atoms with Crippen LogP contribution in [-0.2, 0) is 6.54 Å². The Labute approximate surface area is 161 Å². The molecule has 2 aromatic heterocycles. The fourth-order valence-corrected chi connectivity index (χ4v) is 5.06. The van der Waals surface area contributed by atoms with E-state index < -0.39 is 0 Å². The molecule has 0 atom stereocenters. The van der Waals surface area contributed by atoms with E-state index in [4.69, 9.17) is 0 Å². The van der Waals surface area contributed by atoms with Gasteiger partial charge in [0.05, 0.1) is 16.6 Å². The highest BCUT2D eigenvalue weighted by molar-refractivity contribution is 7.98. The lowest BCUT2D eigenvalue weighted by Gasteiger charge is -2.21. The summed E-state index contributed by atoms with van der Waals surface area (Å²) in [4.78, 5) is 6.00. The Balaban J connectivity index is 1.45. The normalized spacial score (nSPS) is 15.9. The highest BCUT2D eigenvalue weighted by Gasteiger charge is 2.14. The molecule has 0 unspecified atom stereocenters. The summed E-state index contributed by atoms with van der Waals surface area (Å²) in [6.45, 7) is 1.11. The van der Waals surface area contributed by atoms with Crippen molar-refractivity contribution in [2.24, 2.45) is 5.92 Å². The number of nitrogens with zero attached hydrogens (tertiary/aromatic N) is 2. The van der Waals surface area contributed by atoms with Crippen molar-refractivity contribution in [2.45, 2.75) is 69.2 Å². The van der Waals surface area contributed by atoms with Gasteiger partial charge in [-0.05, 0) is 48.9 Å². The first-order valence-corrected chi connectivity index (χ1v) is 11.5. The molecule has 1 saturated carbocycles. The molecule has 0 amide bonds. The number of fused-ring (bicyclic) bond motifs is 3. The van der Waals surface area contributed by atoms with Gasteiger partial charge in [-0.1, -0.05) is 51.4 Å². The number of unbranched alkanes of at least 4 members (excludes halogenated alkanes) is 2. The third-order valence-corrected chi connectivity index (χ3v) is 6.77. The summed E-state index contributed by atoms with van der Waals surface area (Å²) in [6.07, 6.45) is 16.9. The minimum Gasteiger partial charge on any atom is -0.339 e. The number of aryl methyl sites for hydroxylation is 1. The first-order valence-electron chi connectivity index (χ1n) is 10.3. The first kappa shape index (κ1) is 17.9. The van der Waals surface area contributed by atoms with E-state index in [9.17, 15) is 0 Å². The smallest absolute Gasteiger partial charge is 0.0960 e. The minimum absolute atomic E-state index is 1.02. The van der Waals surface area contributed by atoms with Crippen LogP contribution in [0.25, 0.3) is 21.9 Å². The Hall–Kier alpha value is -1.48. The molecule has 0 radical (unpaired) electrons. The number of pyridine rings is 1. The van der Waals surface area contributed by atoms with Gasteiger partial charge in [0.2, 0.25) is 0 Å². The van der Waals surface area contributed by atoms with Gasteiger partial charge in [0.15, 0.2) is 0 Å². The molecule has 26 heavy (non-hydrogen) atoms. The molecule has 4 rings (SSSR count). The number of hydrogen-bond acceptors (Lipinski definition) is 2. The number of benzene rings is 1. The quantitative estimate of drug-likeness (QED) is 0.329. The van der Waals surface area contributed by atoms with Crippen LogP contribution in [-0.4, -0.2) is 15.8 Å². The van der Waals surface area contributed by atoms with E-state index in [0.717, 1.165) is 18.0 Å². The molecule has 1 aromatic carbocycles. The Morgan fingerprint density at radius 1 is 1.04 bits per heavy atom. The molecule has 0 saturated heterocycles. The molecule has 0 spiro atoms. The van der Waals surface area contributed by atoms with Crippen molar-refractivity contribution in [3.63, 3.8) is 0 Å². The van der Waals surface area contributed by atoms with Gasteiger partial charge in [0.25, 0.3) is 0 Å². The van der Waals surface area contributed by atoms with E-state index in [2.05, 4.69) is 46.1 Å². The fraction of sp³-hybridized carbons (Fsp3) is 0.522. The van der Waals surface area contributed by atoms with E-state index in [0.29, 0.717) is 0 Å². The molecule has 3 aromatic rings. The Bertz CT molecular complexity index is 861.